The van der Waals surface area contributed by atoms with Crippen molar-refractivity contribution >= 4 is 0 Å². The highest BCUT2D eigenvalue weighted by Gasteiger charge is 2.19. The SMILES string of the molecule is COC(C)(C)CCC(CO)Cc1cccc(C)c1. The molecule has 1 N–H and O–H groups in total. The minimum Gasteiger partial charge on any atom is -0.396 e. The predicted octanol–water partition coefficient (Wildman–Crippen LogP) is 3.35. The normalized spacial score (nSPS) is 13.6. The van der Waals surface area contributed by atoms with Crippen LogP contribution in [0.3, 0.4) is 0 Å². The Morgan fingerprint density at radius 1 is 1.33 bits per heavy atom. The zero-order valence-corrected chi connectivity index (χ0v) is 12.1. The molecule has 0 amide bonds. The number of methoxy groups -OCH3 is 1. The molecule has 1 rings (SSSR count). The molecule has 0 aliphatic rings. The molecule has 0 heterocycles. The van der Waals surface area contributed by atoms with E-state index in [2.05, 4.69) is 45.0 Å². The third kappa shape index (κ3) is 5.19. The Kier molecular flexibility index (Phi) is 5.83. The summed E-state index contributed by atoms with van der Waals surface area (Å²) >= 11 is 0. The standard InChI is InChI=1S/C16H26O2/c1-13-6-5-7-14(10-13)11-15(12-17)8-9-16(2,3)18-4/h5-7,10,15,17H,8-9,11-12H2,1-4H3. The number of aliphatic hydroxyl groups excluding tert-OH is 1. The van der Waals surface area contributed by atoms with Gasteiger partial charge in [-0.15, -0.1) is 0 Å². The van der Waals surface area contributed by atoms with E-state index in [1.54, 1.807) is 7.11 Å². The molecule has 18 heavy (non-hydrogen) atoms. The molecule has 2 nitrogen and oxygen atoms in total. The van der Waals surface area contributed by atoms with Crippen LogP contribution in [0.15, 0.2) is 24.3 Å². The average molecular weight is 250 g/mol. The fourth-order valence-corrected chi connectivity index (χ4v) is 2.08. The maximum Gasteiger partial charge on any atom is 0.0622 e. The first-order valence-electron chi connectivity index (χ1n) is 6.68. The summed E-state index contributed by atoms with van der Waals surface area (Å²) in [6.07, 6.45) is 2.91. The van der Waals surface area contributed by atoms with Crippen LogP contribution >= 0.6 is 0 Å². The van der Waals surface area contributed by atoms with Crippen LogP contribution in [0.2, 0.25) is 0 Å². The lowest BCUT2D eigenvalue weighted by Crippen LogP contribution is -2.24. The van der Waals surface area contributed by atoms with Crippen LogP contribution in [0.4, 0.5) is 0 Å². The van der Waals surface area contributed by atoms with E-state index in [4.69, 9.17) is 4.74 Å². The van der Waals surface area contributed by atoms with Crippen LogP contribution < -0.4 is 0 Å². The molecule has 0 aromatic heterocycles. The van der Waals surface area contributed by atoms with Gasteiger partial charge in [0.2, 0.25) is 0 Å². The van der Waals surface area contributed by atoms with E-state index < -0.39 is 0 Å². The summed E-state index contributed by atoms with van der Waals surface area (Å²) in [6.45, 7) is 6.53. The molecule has 0 fully saturated rings. The van der Waals surface area contributed by atoms with Gasteiger partial charge in [0.25, 0.3) is 0 Å². The van der Waals surface area contributed by atoms with E-state index in [-0.39, 0.29) is 12.2 Å². The lowest BCUT2D eigenvalue weighted by atomic mass is 9.90. The van der Waals surface area contributed by atoms with Crippen molar-refractivity contribution in [3.05, 3.63) is 35.4 Å². The third-order valence-electron chi connectivity index (χ3n) is 3.57. The second kappa shape index (κ2) is 6.91. The first-order valence-corrected chi connectivity index (χ1v) is 6.68. The van der Waals surface area contributed by atoms with E-state index in [0.29, 0.717) is 5.92 Å². The van der Waals surface area contributed by atoms with Gasteiger partial charge < -0.3 is 9.84 Å². The predicted molar refractivity (Wildman–Crippen MR) is 75.8 cm³/mol. The highest BCUT2D eigenvalue weighted by atomic mass is 16.5. The minimum absolute atomic E-state index is 0.0972. The molecular formula is C16H26O2. The van der Waals surface area contributed by atoms with E-state index in [1.165, 1.54) is 11.1 Å². The number of aliphatic hydroxyl groups is 1. The van der Waals surface area contributed by atoms with Crippen LogP contribution in [0.1, 0.15) is 37.8 Å². The molecule has 0 bridgehead atoms. The molecule has 1 aromatic carbocycles. The third-order valence-corrected chi connectivity index (χ3v) is 3.57. The maximum atomic E-state index is 9.49. The molecule has 0 aliphatic heterocycles. The van der Waals surface area contributed by atoms with Crippen molar-refractivity contribution in [1.82, 2.24) is 0 Å². The molecular weight excluding hydrogens is 224 g/mol. The first kappa shape index (κ1) is 15.2. The first-order chi connectivity index (χ1) is 8.46. The van der Waals surface area contributed by atoms with Crippen molar-refractivity contribution in [2.75, 3.05) is 13.7 Å². The average Bonchev–Trinajstić information content (AvgIpc) is 2.34. The molecule has 1 aromatic rings. The number of hydrogen-bond acceptors (Lipinski definition) is 2. The number of aryl methyl sites for hydroxylation is 1. The van der Waals surface area contributed by atoms with Crippen LogP contribution in [0, 0.1) is 12.8 Å². The highest BCUT2D eigenvalue weighted by Crippen LogP contribution is 2.22. The zero-order chi connectivity index (χ0) is 13.6. The number of benzene rings is 1. The monoisotopic (exact) mass is 250 g/mol. The van der Waals surface area contributed by atoms with Crippen molar-refractivity contribution < 1.29 is 9.84 Å². The van der Waals surface area contributed by atoms with Crippen molar-refractivity contribution in [3.8, 4) is 0 Å². The molecule has 102 valence electrons. The summed E-state index contributed by atoms with van der Waals surface area (Å²) < 4.78 is 5.42. The van der Waals surface area contributed by atoms with Gasteiger partial charge in [-0.25, -0.2) is 0 Å². The quantitative estimate of drug-likeness (QED) is 0.804. The van der Waals surface area contributed by atoms with E-state index >= 15 is 0 Å². The van der Waals surface area contributed by atoms with E-state index in [9.17, 15) is 5.11 Å². The Hall–Kier alpha value is -0.860. The zero-order valence-electron chi connectivity index (χ0n) is 12.1. The largest absolute Gasteiger partial charge is 0.396 e. The second-order valence-electron chi connectivity index (χ2n) is 5.74. The van der Waals surface area contributed by atoms with E-state index in [1.807, 2.05) is 0 Å². The van der Waals surface area contributed by atoms with Gasteiger partial charge in [0.15, 0.2) is 0 Å². The molecule has 0 aliphatic carbocycles. The summed E-state index contributed by atoms with van der Waals surface area (Å²) in [7, 11) is 1.74. The second-order valence-corrected chi connectivity index (χ2v) is 5.74. The number of rotatable bonds is 7. The van der Waals surface area contributed by atoms with E-state index in [0.717, 1.165) is 19.3 Å². The molecule has 0 saturated heterocycles. The minimum atomic E-state index is -0.0972. The van der Waals surface area contributed by atoms with Gasteiger partial charge in [0.05, 0.1) is 5.60 Å². The van der Waals surface area contributed by atoms with Gasteiger partial charge in [-0.3, -0.25) is 0 Å². The summed E-state index contributed by atoms with van der Waals surface area (Å²) in [4.78, 5) is 0. The lowest BCUT2D eigenvalue weighted by molar-refractivity contribution is 0.00826. The molecule has 1 unspecified atom stereocenters. The van der Waals surface area contributed by atoms with Crippen molar-refractivity contribution in [1.29, 1.82) is 0 Å². The molecule has 2 heteroatoms. The smallest absolute Gasteiger partial charge is 0.0622 e. The Bertz CT molecular complexity index is 358. The Morgan fingerprint density at radius 2 is 2.06 bits per heavy atom. The van der Waals surface area contributed by atoms with Gasteiger partial charge in [0.1, 0.15) is 0 Å². The highest BCUT2D eigenvalue weighted by molar-refractivity contribution is 5.22. The van der Waals surface area contributed by atoms with Crippen LogP contribution in [0.5, 0.6) is 0 Å². The van der Waals surface area contributed by atoms with Gasteiger partial charge in [0, 0.05) is 13.7 Å². The van der Waals surface area contributed by atoms with Gasteiger partial charge in [-0.1, -0.05) is 29.8 Å². The van der Waals surface area contributed by atoms with Crippen LogP contribution in [-0.2, 0) is 11.2 Å². The maximum absolute atomic E-state index is 9.49. The molecule has 0 radical (unpaired) electrons. The number of hydrogen-bond donors (Lipinski definition) is 1. The summed E-state index contributed by atoms with van der Waals surface area (Å²) in [5, 5.41) is 9.49. The van der Waals surface area contributed by atoms with Gasteiger partial charge in [-0.2, -0.15) is 0 Å². The topological polar surface area (TPSA) is 29.5 Å². The molecule has 1 atom stereocenters. The van der Waals surface area contributed by atoms with Crippen molar-refractivity contribution in [3.63, 3.8) is 0 Å². The molecule has 0 spiro atoms. The van der Waals surface area contributed by atoms with Crippen molar-refractivity contribution in [2.24, 2.45) is 5.92 Å². The van der Waals surface area contributed by atoms with Gasteiger partial charge >= 0.3 is 0 Å². The van der Waals surface area contributed by atoms with Crippen LogP contribution in [-0.4, -0.2) is 24.4 Å². The van der Waals surface area contributed by atoms with Crippen molar-refractivity contribution in [2.45, 2.75) is 45.6 Å². The van der Waals surface area contributed by atoms with Gasteiger partial charge in [-0.05, 0) is 51.5 Å². The molecule has 0 saturated carbocycles. The fraction of sp³-hybridized carbons (Fsp3) is 0.625. The summed E-state index contributed by atoms with van der Waals surface area (Å²) in [6, 6.07) is 8.52. The Labute approximate surface area is 111 Å². The Morgan fingerprint density at radius 3 is 2.61 bits per heavy atom. The number of ether oxygens (including phenoxy) is 1. The van der Waals surface area contributed by atoms with Crippen LogP contribution in [0.25, 0.3) is 0 Å². The summed E-state index contributed by atoms with van der Waals surface area (Å²) in [5.74, 6) is 0.321. The fourth-order valence-electron chi connectivity index (χ4n) is 2.08. The Balaban J connectivity index is 2.52. The lowest BCUT2D eigenvalue weighted by Gasteiger charge is -2.25. The summed E-state index contributed by atoms with van der Waals surface area (Å²) in [5.41, 5.74) is 2.49.